The van der Waals surface area contributed by atoms with Gasteiger partial charge < -0.3 is 19.3 Å². The van der Waals surface area contributed by atoms with Crippen LogP contribution < -0.4 is 0 Å². The van der Waals surface area contributed by atoms with Gasteiger partial charge in [-0.2, -0.15) is 0 Å². The van der Waals surface area contributed by atoms with Gasteiger partial charge in [0.25, 0.3) is 0 Å². The lowest BCUT2D eigenvalue weighted by Crippen LogP contribution is -2.29. The van der Waals surface area contributed by atoms with Crippen molar-refractivity contribution < 1.29 is 37.9 Å². The molecule has 0 aromatic carbocycles. The number of esters is 2. The van der Waals surface area contributed by atoms with E-state index < -0.39 is 32.5 Å². The Kier molecular flexibility index (Phi) is 25.7. The molecule has 228 valence electrons. The zero-order valence-corrected chi connectivity index (χ0v) is 25.4. The summed E-state index contributed by atoms with van der Waals surface area (Å²) in [5.41, 5.74) is 0. The third kappa shape index (κ3) is 29.3. The van der Waals surface area contributed by atoms with Crippen LogP contribution in [0.3, 0.4) is 0 Å². The lowest BCUT2D eigenvalue weighted by Gasteiger charge is -2.18. The number of carbonyl (C=O) groups excluding carboxylic acids is 2. The van der Waals surface area contributed by atoms with E-state index in [4.69, 9.17) is 19.3 Å². The molecule has 0 rings (SSSR count). The van der Waals surface area contributed by atoms with Crippen LogP contribution in [0.25, 0.3) is 0 Å². The van der Waals surface area contributed by atoms with Crippen molar-refractivity contribution in [1.82, 2.24) is 0 Å². The molecule has 1 unspecified atom stereocenters. The molecule has 0 amide bonds. The molecule has 0 aliphatic rings. The average molecular weight is 575 g/mol. The Morgan fingerprint density at radius 2 is 1.18 bits per heavy atom. The maximum Gasteiger partial charge on any atom is 0.469 e. The first-order valence-corrected chi connectivity index (χ1v) is 16.7. The van der Waals surface area contributed by atoms with Crippen LogP contribution in [0.1, 0.15) is 136 Å². The highest BCUT2D eigenvalue weighted by Crippen LogP contribution is 2.35. The summed E-state index contributed by atoms with van der Waals surface area (Å²) in [6.07, 6.45) is 27.4. The standard InChI is InChI=1S/C30H55O8P/c1-3-5-7-8-9-10-11-12-13-14-15-16-17-18-19-20-21-22-23-25-30(32)38-28(27-37-39(33,34)35)26-36-29(31)24-6-4-2/h9-10,12-13,28H,3-8,11,14-27H2,1-2H3,(H2,33,34,35)/b10-9-,13-12-. The van der Waals surface area contributed by atoms with Crippen molar-refractivity contribution in [3.63, 3.8) is 0 Å². The Morgan fingerprint density at radius 1 is 0.667 bits per heavy atom. The van der Waals surface area contributed by atoms with E-state index in [1.807, 2.05) is 6.92 Å². The van der Waals surface area contributed by atoms with E-state index in [0.717, 1.165) is 38.5 Å². The minimum Gasteiger partial charge on any atom is -0.462 e. The second kappa shape index (κ2) is 26.7. The van der Waals surface area contributed by atoms with E-state index in [-0.39, 0.29) is 19.4 Å². The van der Waals surface area contributed by atoms with Crippen LogP contribution in [0.5, 0.6) is 0 Å². The van der Waals surface area contributed by atoms with Crippen molar-refractivity contribution in [3.8, 4) is 0 Å². The Labute approximate surface area is 237 Å². The molecule has 0 radical (unpaired) electrons. The van der Waals surface area contributed by atoms with E-state index in [9.17, 15) is 14.2 Å². The van der Waals surface area contributed by atoms with Crippen LogP contribution in [0.4, 0.5) is 0 Å². The quantitative estimate of drug-likeness (QED) is 0.0437. The highest BCUT2D eigenvalue weighted by atomic mass is 31.2. The number of carbonyl (C=O) groups is 2. The molecule has 1 atom stereocenters. The molecule has 2 N–H and O–H groups in total. The number of hydrogen-bond donors (Lipinski definition) is 2. The molecular weight excluding hydrogens is 519 g/mol. The van der Waals surface area contributed by atoms with Gasteiger partial charge in [-0.05, 0) is 44.9 Å². The van der Waals surface area contributed by atoms with Gasteiger partial charge in [0, 0.05) is 12.8 Å². The Hall–Kier alpha value is -1.47. The number of ether oxygens (including phenoxy) is 2. The van der Waals surface area contributed by atoms with Crippen LogP contribution in [-0.2, 0) is 28.2 Å². The number of unbranched alkanes of at least 4 members (excludes halogenated alkanes) is 13. The molecule has 0 bridgehead atoms. The van der Waals surface area contributed by atoms with Gasteiger partial charge in [-0.15, -0.1) is 0 Å². The minimum absolute atomic E-state index is 0.207. The second-order valence-electron chi connectivity index (χ2n) is 10.1. The molecule has 0 aromatic heterocycles. The first-order valence-electron chi connectivity index (χ1n) is 15.1. The van der Waals surface area contributed by atoms with Crippen molar-refractivity contribution in [2.24, 2.45) is 0 Å². The molecule has 0 aliphatic heterocycles. The molecule has 0 heterocycles. The Balaban J connectivity index is 3.80. The molecule has 8 nitrogen and oxygen atoms in total. The van der Waals surface area contributed by atoms with Gasteiger partial charge in [-0.1, -0.05) is 102 Å². The van der Waals surface area contributed by atoms with Crippen molar-refractivity contribution >= 4 is 19.8 Å². The van der Waals surface area contributed by atoms with E-state index in [2.05, 4.69) is 35.8 Å². The normalized spacial score (nSPS) is 12.8. The van der Waals surface area contributed by atoms with Crippen LogP contribution in [-0.4, -0.2) is 41.0 Å². The Bertz CT molecular complexity index is 701. The average Bonchev–Trinajstić information content (AvgIpc) is 2.89. The summed E-state index contributed by atoms with van der Waals surface area (Å²) in [5, 5.41) is 0. The van der Waals surface area contributed by atoms with Crippen LogP contribution >= 0.6 is 7.82 Å². The number of allylic oxidation sites excluding steroid dienone is 4. The fourth-order valence-electron chi connectivity index (χ4n) is 3.91. The van der Waals surface area contributed by atoms with E-state index >= 15 is 0 Å². The fourth-order valence-corrected chi connectivity index (χ4v) is 4.27. The van der Waals surface area contributed by atoms with E-state index in [0.29, 0.717) is 12.8 Å². The van der Waals surface area contributed by atoms with Crippen molar-refractivity contribution in [1.29, 1.82) is 0 Å². The SMILES string of the molecule is CCCCC/C=C\C/C=C\CCCCCCCCCCCC(=O)OC(COC(=O)CCCC)COP(=O)(O)O. The first-order chi connectivity index (χ1) is 18.8. The zero-order valence-electron chi connectivity index (χ0n) is 24.5. The molecule has 0 fully saturated rings. The number of rotatable bonds is 27. The summed E-state index contributed by atoms with van der Waals surface area (Å²) >= 11 is 0. The molecule has 0 aliphatic carbocycles. The smallest absolute Gasteiger partial charge is 0.462 e. The monoisotopic (exact) mass is 574 g/mol. The molecule has 39 heavy (non-hydrogen) atoms. The molecule has 0 saturated heterocycles. The molecular formula is C30H55O8P. The summed E-state index contributed by atoms with van der Waals surface area (Å²) in [5.74, 6) is -0.932. The molecule has 9 heteroatoms. The van der Waals surface area contributed by atoms with E-state index in [1.165, 1.54) is 57.8 Å². The third-order valence-electron chi connectivity index (χ3n) is 6.22. The van der Waals surface area contributed by atoms with Gasteiger partial charge in [0.15, 0.2) is 6.10 Å². The van der Waals surface area contributed by atoms with Gasteiger partial charge in [0.05, 0.1) is 6.61 Å². The van der Waals surface area contributed by atoms with Gasteiger partial charge >= 0.3 is 19.8 Å². The highest BCUT2D eigenvalue weighted by Gasteiger charge is 2.22. The summed E-state index contributed by atoms with van der Waals surface area (Å²) < 4.78 is 25.7. The van der Waals surface area contributed by atoms with Crippen LogP contribution in [0.15, 0.2) is 24.3 Å². The molecule has 0 aromatic rings. The Morgan fingerprint density at radius 3 is 1.74 bits per heavy atom. The van der Waals surface area contributed by atoms with E-state index in [1.54, 1.807) is 0 Å². The van der Waals surface area contributed by atoms with Crippen LogP contribution in [0, 0.1) is 0 Å². The van der Waals surface area contributed by atoms with Crippen molar-refractivity contribution in [3.05, 3.63) is 24.3 Å². The summed E-state index contributed by atoms with van der Waals surface area (Å²) in [7, 11) is -4.72. The lowest BCUT2D eigenvalue weighted by atomic mass is 10.1. The fraction of sp³-hybridized carbons (Fsp3) is 0.800. The summed E-state index contributed by atoms with van der Waals surface area (Å²) in [4.78, 5) is 41.7. The lowest BCUT2D eigenvalue weighted by molar-refractivity contribution is -0.161. The first kappa shape index (κ1) is 37.5. The number of phosphoric acid groups is 1. The van der Waals surface area contributed by atoms with Gasteiger partial charge in [-0.3, -0.25) is 14.1 Å². The zero-order chi connectivity index (χ0) is 29.0. The molecule has 0 saturated carbocycles. The summed E-state index contributed by atoms with van der Waals surface area (Å²) in [6.45, 7) is 3.35. The number of phosphoric ester groups is 1. The number of hydrogen-bond acceptors (Lipinski definition) is 6. The van der Waals surface area contributed by atoms with Gasteiger partial charge in [-0.25, -0.2) is 4.57 Å². The predicted octanol–water partition coefficient (Wildman–Crippen LogP) is 8.11. The van der Waals surface area contributed by atoms with Gasteiger partial charge in [0.2, 0.25) is 0 Å². The van der Waals surface area contributed by atoms with Gasteiger partial charge in [0.1, 0.15) is 6.61 Å². The maximum absolute atomic E-state index is 12.2. The highest BCUT2D eigenvalue weighted by molar-refractivity contribution is 7.46. The second-order valence-corrected chi connectivity index (χ2v) is 11.3. The molecule has 0 spiro atoms. The maximum atomic E-state index is 12.2. The third-order valence-corrected chi connectivity index (χ3v) is 6.71. The predicted molar refractivity (Wildman–Crippen MR) is 156 cm³/mol. The van der Waals surface area contributed by atoms with Crippen molar-refractivity contribution in [2.75, 3.05) is 13.2 Å². The minimum atomic E-state index is -4.72. The summed E-state index contributed by atoms with van der Waals surface area (Å²) in [6, 6.07) is 0. The topological polar surface area (TPSA) is 119 Å². The van der Waals surface area contributed by atoms with Crippen molar-refractivity contribution in [2.45, 2.75) is 142 Å². The van der Waals surface area contributed by atoms with Crippen LogP contribution in [0.2, 0.25) is 0 Å². The largest absolute Gasteiger partial charge is 0.469 e.